The van der Waals surface area contributed by atoms with Crippen molar-refractivity contribution in [2.45, 2.75) is 19.4 Å². The number of nitrogens with one attached hydrogen (secondary N) is 1. The molecule has 0 bridgehead atoms. The summed E-state index contributed by atoms with van der Waals surface area (Å²) in [6.07, 6.45) is 0.506. The van der Waals surface area contributed by atoms with Gasteiger partial charge in [-0.2, -0.15) is 5.26 Å². The largest absolute Gasteiger partial charge is 0.497 e. The Balaban J connectivity index is 2.56. The first kappa shape index (κ1) is 10.4. The molecule has 74 valence electrons. The van der Waals surface area contributed by atoms with Crippen molar-refractivity contribution in [3.63, 3.8) is 0 Å². The number of ether oxygens (including phenoxy) is 1. The van der Waals surface area contributed by atoms with Crippen LogP contribution in [0, 0.1) is 11.3 Å². The lowest BCUT2D eigenvalue weighted by atomic mass is 10.2. The van der Waals surface area contributed by atoms with E-state index in [1.54, 1.807) is 7.11 Å². The van der Waals surface area contributed by atoms with Gasteiger partial charge in [0.15, 0.2) is 0 Å². The Morgan fingerprint density at radius 1 is 1.43 bits per heavy atom. The molecule has 0 amide bonds. The van der Waals surface area contributed by atoms with Crippen LogP contribution in [0.5, 0.6) is 5.75 Å². The van der Waals surface area contributed by atoms with Crippen molar-refractivity contribution in [2.75, 3.05) is 12.4 Å². The van der Waals surface area contributed by atoms with Gasteiger partial charge >= 0.3 is 0 Å². The number of hydrogen-bond acceptors (Lipinski definition) is 3. The predicted molar refractivity (Wildman–Crippen MR) is 56.3 cm³/mol. The van der Waals surface area contributed by atoms with Crippen LogP contribution in [0.2, 0.25) is 0 Å². The van der Waals surface area contributed by atoms with Crippen molar-refractivity contribution in [3.8, 4) is 11.8 Å². The maximum atomic E-state index is 8.49. The van der Waals surface area contributed by atoms with Gasteiger partial charge in [-0.3, -0.25) is 0 Å². The van der Waals surface area contributed by atoms with Crippen LogP contribution in [0.4, 0.5) is 5.69 Å². The zero-order valence-electron chi connectivity index (χ0n) is 8.45. The summed E-state index contributed by atoms with van der Waals surface area (Å²) >= 11 is 0. The van der Waals surface area contributed by atoms with E-state index in [2.05, 4.69) is 11.4 Å². The molecule has 0 aliphatic heterocycles. The molecule has 1 rings (SSSR count). The molecule has 1 unspecified atom stereocenters. The molecule has 1 aromatic rings. The molecule has 0 saturated heterocycles. The Morgan fingerprint density at radius 3 is 2.57 bits per heavy atom. The van der Waals surface area contributed by atoms with E-state index in [9.17, 15) is 0 Å². The first-order chi connectivity index (χ1) is 6.76. The number of benzene rings is 1. The van der Waals surface area contributed by atoms with Gasteiger partial charge < -0.3 is 10.1 Å². The first-order valence-corrected chi connectivity index (χ1v) is 4.54. The second-order valence-electron chi connectivity index (χ2n) is 3.14. The van der Waals surface area contributed by atoms with Gasteiger partial charge in [0.2, 0.25) is 0 Å². The molecule has 14 heavy (non-hydrogen) atoms. The number of anilines is 1. The number of nitrogens with zero attached hydrogens (tertiary/aromatic N) is 1. The molecular formula is C11H14N2O. The van der Waals surface area contributed by atoms with Crippen molar-refractivity contribution >= 4 is 5.69 Å². The van der Waals surface area contributed by atoms with E-state index in [-0.39, 0.29) is 6.04 Å². The quantitative estimate of drug-likeness (QED) is 0.793. The molecule has 0 saturated carbocycles. The van der Waals surface area contributed by atoms with Gasteiger partial charge in [0.25, 0.3) is 0 Å². The number of rotatable bonds is 4. The summed E-state index contributed by atoms with van der Waals surface area (Å²) in [5, 5.41) is 11.7. The SMILES string of the molecule is COc1ccc(NC(C)CC#N)cc1. The van der Waals surface area contributed by atoms with E-state index in [0.29, 0.717) is 6.42 Å². The molecule has 0 aliphatic carbocycles. The Morgan fingerprint density at radius 2 is 2.07 bits per heavy atom. The summed E-state index contributed by atoms with van der Waals surface area (Å²) in [6.45, 7) is 1.98. The maximum Gasteiger partial charge on any atom is 0.119 e. The number of hydrogen-bond donors (Lipinski definition) is 1. The van der Waals surface area contributed by atoms with Gasteiger partial charge in [-0.15, -0.1) is 0 Å². The minimum atomic E-state index is 0.174. The molecule has 0 heterocycles. The predicted octanol–water partition coefficient (Wildman–Crippen LogP) is 2.41. The molecule has 3 heteroatoms. The Kier molecular flexibility index (Phi) is 3.81. The summed E-state index contributed by atoms with van der Waals surface area (Å²) < 4.78 is 5.04. The van der Waals surface area contributed by atoms with E-state index >= 15 is 0 Å². The third-order valence-corrected chi connectivity index (χ3v) is 1.90. The van der Waals surface area contributed by atoms with E-state index in [1.165, 1.54) is 0 Å². The molecule has 1 atom stereocenters. The standard InChI is InChI=1S/C11H14N2O/c1-9(7-8-12)13-10-3-5-11(14-2)6-4-10/h3-6,9,13H,7H2,1-2H3. The summed E-state index contributed by atoms with van der Waals surface area (Å²) in [5.41, 5.74) is 1.01. The van der Waals surface area contributed by atoms with Gasteiger partial charge in [-0.1, -0.05) is 0 Å². The minimum absolute atomic E-state index is 0.174. The average molecular weight is 190 g/mol. The third kappa shape index (κ3) is 2.98. The van der Waals surface area contributed by atoms with E-state index in [4.69, 9.17) is 10.00 Å². The molecule has 0 aliphatic rings. The lowest BCUT2D eigenvalue weighted by Crippen LogP contribution is -2.13. The minimum Gasteiger partial charge on any atom is -0.497 e. The van der Waals surface area contributed by atoms with Crippen LogP contribution in [0.15, 0.2) is 24.3 Å². The van der Waals surface area contributed by atoms with Crippen LogP contribution in [0.3, 0.4) is 0 Å². The van der Waals surface area contributed by atoms with Crippen molar-refractivity contribution in [1.29, 1.82) is 5.26 Å². The van der Waals surface area contributed by atoms with Crippen LogP contribution >= 0.6 is 0 Å². The Bertz CT molecular complexity index is 313. The highest BCUT2D eigenvalue weighted by Crippen LogP contribution is 2.15. The fourth-order valence-electron chi connectivity index (χ4n) is 1.16. The zero-order chi connectivity index (χ0) is 10.4. The summed E-state index contributed by atoms with van der Waals surface area (Å²) in [5.74, 6) is 0.837. The maximum absolute atomic E-state index is 8.49. The van der Waals surface area contributed by atoms with Gasteiger partial charge in [-0.05, 0) is 31.2 Å². The molecule has 0 radical (unpaired) electrons. The summed E-state index contributed by atoms with van der Waals surface area (Å²) in [6, 6.07) is 9.95. The summed E-state index contributed by atoms with van der Waals surface area (Å²) in [7, 11) is 1.64. The monoisotopic (exact) mass is 190 g/mol. The zero-order valence-corrected chi connectivity index (χ0v) is 8.45. The molecule has 1 N–H and O–H groups in total. The Labute approximate surface area is 84.3 Å². The molecule has 1 aromatic carbocycles. The van der Waals surface area contributed by atoms with E-state index in [1.807, 2.05) is 31.2 Å². The fourth-order valence-corrected chi connectivity index (χ4v) is 1.16. The lowest BCUT2D eigenvalue weighted by molar-refractivity contribution is 0.415. The van der Waals surface area contributed by atoms with Gasteiger partial charge in [0.05, 0.1) is 19.6 Å². The van der Waals surface area contributed by atoms with Gasteiger partial charge in [-0.25, -0.2) is 0 Å². The summed E-state index contributed by atoms with van der Waals surface area (Å²) in [4.78, 5) is 0. The lowest BCUT2D eigenvalue weighted by Gasteiger charge is -2.11. The van der Waals surface area contributed by atoms with Crippen LogP contribution in [-0.4, -0.2) is 13.2 Å². The van der Waals surface area contributed by atoms with E-state index < -0.39 is 0 Å². The van der Waals surface area contributed by atoms with Crippen molar-refractivity contribution in [2.24, 2.45) is 0 Å². The normalized spacial score (nSPS) is 11.5. The van der Waals surface area contributed by atoms with Gasteiger partial charge in [0, 0.05) is 11.7 Å². The molecule has 0 aromatic heterocycles. The highest BCUT2D eigenvalue weighted by Gasteiger charge is 2.00. The van der Waals surface area contributed by atoms with Crippen LogP contribution in [0.1, 0.15) is 13.3 Å². The third-order valence-electron chi connectivity index (χ3n) is 1.90. The highest BCUT2D eigenvalue weighted by atomic mass is 16.5. The van der Waals surface area contributed by atoms with Crippen LogP contribution in [-0.2, 0) is 0 Å². The molecule has 0 spiro atoms. The molecule has 3 nitrogen and oxygen atoms in total. The van der Waals surface area contributed by atoms with E-state index in [0.717, 1.165) is 11.4 Å². The van der Waals surface area contributed by atoms with Gasteiger partial charge in [0.1, 0.15) is 5.75 Å². The second-order valence-corrected chi connectivity index (χ2v) is 3.14. The fraction of sp³-hybridized carbons (Fsp3) is 0.364. The van der Waals surface area contributed by atoms with Crippen molar-refractivity contribution in [1.82, 2.24) is 0 Å². The second kappa shape index (κ2) is 5.13. The number of methoxy groups -OCH3 is 1. The van der Waals surface area contributed by atoms with Crippen molar-refractivity contribution < 1.29 is 4.74 Å². The smallest absolute Gasteiger partial charge is 0.119 e. The molecule has 0 fully saturated rings. The first-order valence-electron chi connectivity index (χ1n) is 4.54. The van der Waals surface area contributed by atoms with Crippen molar-refractivity contribution in [3.05, 3.63) is 24.3 Å². The van der Waals surface area contributed by atoms with Crippen LogP contribution < -0.4 is 10.1 Å². The molecular weight excluding hydrogens is 176 g/mol. The average Bonchev–Trinajstić information content (AvgIpc) is 2.19. The Hall–Kier alpha value is -1.69. The topological polar surface area (TPSA) is 45.0 Å². The highest BCUT2D eigenvalue weighted by molar-refractivity contribution is 5.47. The van der Waals surface area contributed by atoms with Crippen LogP contribution in [0.25, 0.3) is 0 Å². The number of nitriles is 1.